The molecule has 0 rings (SSSR count). The van der Waals surface area contributed by atoms with E-state index in [4.69, 9.17) is 14.2 Å². The summed E-state index contributed by atoms with van der Waals surface area (Å²) in [6.07, 6.45) is 46.5. The van der Waals surface area contributed by atoms with Gasteiger partial charge in [0.1, 0.15) is 13.2 Å². The van der Waals surface area contributed by atoms with Gasteiger partial charge in [-0.2, -0.15) is 0 Å². The Morgan fingerprint density at radius 3 is 0.727 bits per heavy atom. The number of unbranched alkanes of at least 4 members (excludes halogenated alkanes) is 34. The molecular weight excluding hydrogens is 685 g/mol. The molecule has 0 saturated heterocycles. The summed E-state index contributed by atoms with van der Waals surface area (Å²) in [7, 11) is 0. The molecule has 0 aromatic carbocycles. The van der Waals surface area contributed by atoms with E-state index in [2.05, 4.69) is 20.8 Å². The van der Waals surface area contributed by atoms with Crippen molar-refractivity contribution in [3.8, 4) is 0 Å². The fourth-order valence-electron chi connectivity index (χ4n) is 7.38. The average molecular weight is 779 g/mol. The Morgan fingerprint density at radius 1 is 0.291 bits per heavy atom. The van der Waals surface area contributed by atoms with Crippen LogP contribution in [-0.2, 0) is 28.6 Å². The quantitative estimate of drug-likeness (QED) is 0.0348. The van der Waals surface area contributed by atoms with Crippen LogP contribution in [0.5, 0.6) is 0 Å². The van der Waals surface area contributed by atoms with Crippen LogP contribution in [0.15, 0.2) is 0 Å². The van der Waals surface area contributed by atoms with Crippen LogP contribution < -0.4 is 0 Å². The van der Waals surface area contributed by atoms with Gasteiger partial charge in [0.15, 0.2) is 6.10 Å². The predicted octanol–water partition coefficient (Wildman–Crippen LogP) is 15.6. The molecule has 0 unspecified atom stereocenters. The minimum absolute atomic E-state index is 0.0622. The van der Waals surface area contributed by atoms with Gasteiger partial charge in [-0.1, -0.05) is 239 Å². The van der Waals surface area contributed by atoms with Gasteiger partial charge < -0.3 is 14.2 Å². The lowest BCUT2D eigenvalue weighted by Gasteiger charge is -2.18. The summed E-state index contributed by atoms with van der Waals surface area (Å²) in [6, 6.07) is 0. The predicted molar refractivity (Wildman–Crippen MR) is 233 cm³/mol. The van der Waals surface area contributed by atoms with Crippen molar-refractivity contribution >= 4 is 17.9 Å². The Morgan fingerprint density at radius 2 is 0.491 bits per heavy atom. The van der Waals surface area contributed by atoms with Crippen molar-refractivity contribution in [3.05, 3.63) is 0 Å². The molecule has 0 aliphatic carbocycles. The number of carbonyl (C=O) groups is 3. The van der Waals surface area contributed by atoms with E-state index in [0.29, 0.717) is 19.3 Å². The topological polar surface area (TPSA) is 78.9 Å². The first-order chi connectivity index (χ1) is 27.0. The fraction of sp³-hybridized carbons (Fsp3) is 0.939. The van der Waals surface area contributed by atoms with Crippen molar-refractivity contribution in [2.75, 3.05) is 13.2 Å². The van der Waals surface area contributed by atoms with Crippen LogP contribution in [0.4, 0.5) is 0 Å². The summed E-state index contributed by atoms with van der Waals surface area (Å²) in [4.78, 5) is 37.8. The van der Waals surface area contributed by atoms with Gasteiger partial charge in [0.05, 0.1) is 0 Å². The Labute approximate surface area is 342 Å². The Hall–Kier alpha value is -1.59. The number of esters is 3. The lowest BCUT2D eigenvalue weighted by molar-refractivity contribution is -0.167. The van der Waals surface area contributed by atoms with Crippen molar-refractivity contribution in [2.24, 2.45) is 0 Å². The summed E-state index contributed by atoms with van der Waals surface area (Å²) in [5.41, 5.74) is 0. The molecule has 0 N–H and O–H groups in total. The zero-order valence-electron chi connectivity index (χ0n) is 37.2. The average Bonchev–Trinajstić information content (AvgIpc) is 3.18. The van der Waals surface area contributed by atoms with Gasteiger partial charge in [-0.25, -0.2) is 0 Å². The molecule has 0 amide bonds. The van der Waals surface area contributed by atoms with E-state index in [1.165, 1.54) is 180 Å². The largest absolute Gasteiger partial charge is 0.462 e. The monoisotopic (exact) mass is 779 g/mol. The lowest BCUT2D eigenvalue weighted by Crippen LogP contribution is -2.30. The zero-order chi connectivity index (χ0) is 40.1. The van der Waals surface area contributed by atoms with Crippen LogP contribution in [0.1, 0.15) is 278 Å². The van der Waals surface area contributed by atoms with Crippen LogP contribution in [-0.4, -0.2) is 37.2 Å². The summed E-state index contributed by atoms with van der Waals surface area (Å²) in [6.45, 7) is 6.66. The molecule has 0 aromatic rings. The normalized spacial score (nSPS) is 11.8. The molecule has 0 spiro atoms. The third-order valence-electron chi connectivity index (χ3n) is 11.1. The van der Waals surface area contributed by atoms with Crippen LogP contribution in [0.25, 0.3) is 0 Å². The number of hydrogen-bond acceptors (Lipinski definition) is 6. The molecule has 0 fully saturated rings. The first kappa shape index (κ1) is 53.4. The number of carbonyl (C=O) groups excluding carboxylic acids is 3. The maximum atomic E-state index is 12.7. The third-order valence-corrected chi connectivity index (χ3v) is 11.1. The van der Waals surface area contributed by atoms with Gasteiger partial charge in [-0.3, -0.25) is 14.4 Å². The Bertz CT molecular complexity index is 813. The second-order valence-corrected chi connectivity index (χ2v) is 16.7. The molecular formula is C49H94O6. The lowest BCUT2D eigenvalue weighted by atomic mass is 10.0. The molecule has 6 heteroatoms. The van der Waals surface area contributed by atoms with Gasteiger partial charge in [0.25, 0.3) is 0 Å². The summed E-state index contributed by atoms with van der Waals surface area (Å²) < 4.78 is 16.8. The second kappa shape index (κ2) is 45.1. The van der Waals surface area contributed by atoms with E-state index in [1.54, 1.807) is 0 Å². The molecule has 0 radical (unpaired) electrons. The smallest absolute Gasteiger partial charge is 0.306 e. The Kier molecular flexibility index (Phi) is 43.8. The van der Waals surface area contributed by atoms with Crippen LogP contribution in [0.3, 0.4) is 0 Å². The van der Waals surface area contributed by atoms with E-state index in [9.17, 15) is 14.4 Å². The minimum atomic E-state index is -0.758. The molecule has 0 heterocycles. The first-order valence-corrected chi connectivity index (χ1v) is 24.5. The van der Waals surface area contributed by atoms with Gasteiger partial charge in [0, 0.05) is 19.3 Å². The van der Waals surface area contributed by atoms with E-state index in [0.717, 1.165) is 57.8 Å². The number of ether oxygens (including phenoxy) is 3. The van der Waals surface area contributed by atoms with Gasteiger partial charge in [0.2, 0.25) is 0 Å². The molecule has 6 nitrogen and oxygen atoms in total. The summed E-state index contributed by atoms with van der Waals surface area (Å²) in [5, 5.41) is 0. The second-order valence-electron chi connectivity index (χ2n) is 16.7. The molecule has 0 saturated carbocycles. The van der Waals surface area contributed by atoms with Gasteiger partial charge in [-0.05, 0) is 19.3 Å². The molecule has 1 atom stereocenters. The van der Waals surface area contributed by atoms with Crippen molar-refractivity contribution < 1.29 is 28.6 Å². The van der Waals surface area contributed by atoms with Crippen LogP contribution in [0.2, 0.25) is 0 Å². The van der Waals surface area contributed by atoms with E-state index < -0.39 is 6.10 Å². The minimum Gasteiger partial charge on any atom is -0.462 e. The van der Waals surface area contributed by atoms with Crippen molar-refractivity contribution in [1.29, 1.82) is 0 Å². The van der Waals surface area contributed by atoms with Crippen LogP contribution >= 0.6 is 0 Å². The molecule has 0 aliphatic heterocycles. The molecule has 0 aromatic heterocycles. The maximum Gasteiger partial charge on any atom is 0.306 e. The third kappa shape index (κ3) is 43.4. The molecule has 55 heavy (non-hydrogen) atoms. The summed E-state index contributed by atoms with van der Waals surface area (Å²) >= 11 is 0. The summed E-state index contributed by atoms with van der Waals surface area (Å²) in [5.74, 6) is -0.846. The maximum absolute atomic E-state index is 12.7. The zero-order valence-corrected chi connectivity index (χ0v) is 37.2. The van der Waals surface area contributed by atoms with Crippen molar-refractivity contribution in [3.63, 3.8) is 0 Å². The molecule has 0 aliphatic rings. The van der Waals surface area contributed by atoms with Crippen molar-refractivity contribution in [1.82, 2.24) is 0 Å². The Balaban J connectivity index is 4.30. The number of hydrogen-bond donors (Lipinski definition) is 0. The highest BCUT2D eigenvalue weighted by Crippen LogP contribution is 2.16. The standard InChI is InChI=1S/C49H94O6/c1-4-7-10-13-16-19-22-24-26-27-30-33-36-39-42-48(51)54-45-46(44-53-47(50)41-38-35-32-29-21-18-15-12-9-6-3)55-49(52)43-40-37-34-31-28-25-23-20-17-14-11-8-5-2/h46H,4-45H2,1-3H3/t46-/m0/s1. The molecule has 0 bridgehead atoms. The van der Waals surface area contributed by atoms with E-state index in [1.807, 2.05) is 0 Å². The van der Waals surface area contributed by atoms with Gasteiger partial charge in [-0.15, -0.1) is 0 Å². The van der Waals surface area contributed by atoms with Gasteiger partial charge >= 0.3 is 17.9 Å². The SMILES string of the molecule is CCCCCCCCCCCCCCCCC(=O)OC[C@H](COC(=O)CCCCCCCCCCCC)OC(=O)CCCCCCCCCCCCCCC. The van der Waals surface area contributed by atoms with E-state index >= 15 is 0 Å². The highest BCUT2D eigenvalue weighted by molar-refractivity contribution is 5.71. The number of rotatable bonds is 45. The van der Waals surface area contributed by atoms with Crippen molar-refractivity contribution in [2.45, 2.75) is 284 Å². The fourth-order valence-corrected chi connectivity index (χ4v) is 7.38. The van der Waals surface area contributed by atoms with Crippen LogP contribution in [0, 0.1) is 0 Å². The van der Waals surface area contributed by atoms with E-state index in [-0.39, 0.29) is 31.1 Å². The molecule has 326 valence electrons. The highest BCUT2D eigenvalue weighted by Gasteiger charge is 2.19. The highest BCUT2D eigenvalue weighted by atomic mass is 16.6. The first-order valence-electron chi connectivity index (χ1n) is 24.5.